The van der Waals surface area contributed by atoms with Gasteiger partial charge in [-0.05, 0) is 49.7 Å². The summed E-state index contributed by atoms with van der Waals surface area (Å²) in [6.07, 6.45) is 5.00. The monoisotopic (exact) mass is 349 g/mol. The molecule has 2 aliphatic rings. The van der Waals surface area contributed by atoms with Crippen molar-refractivity contribution in [2.24, 2.45) is 11.8 Å². The number of benzene rings is 1. The predicted molar refractivity (Wildman–Crippen MR) is 94.2 cm³/mol. The first kappa shape index (κ1) is 17.1. The van der Waals surface area contributed by atoms with E-state index in [1.54, 1.807) is 24.3 Å². The Kier molecular flexibility index (Phi) is 5.61. The molecule has 1 saturated heterocycles. The number of nitrogens with zero attached hydrogens (tertiary/aromatic N) is 1. The third kappa shape index (κ3) is 4.41. The molecule has 2 N–H and O–H groups in total. The zero-order valence-electron chi connectivity index (χ0n) is 13.8. The van der Waals surface area contributed by atoms with Gasteiger partial charge >= 0.3 is 6.03 Å². The highest BCUT2D eigenvalue weighted by molar-refractivity contribution is 6.33. The molecular weight excluding hydrogens is 326 g/mol. The average Bonchev–Trinajstić information content (AvgIpc) is 3.44. The summed E-state index contributed by atoms with van der Waals surface area (Å²) in [5, 5.41) is 6.10. The van der Waals surface area contributed by atoms with Gasteiger partial charge in [0.1, 0.15) is 0 Å². The third-order valence-electron chi connectivity index (χ3n) is 4.84. The fourth-order valence-corrected chi connectivity index (χ4v) is 3.57. The van der Waals surface area contributed by atoms with Crippen LogP contribution in [0.3, 0.4) is 0 Å². The van der Waals surface area contributed by atoms with E-state index < -0.39 is 0 Å². The molecule has 2 fully saturated rings. The van der Waals surface area contributed by atoms with E-state index >= 15 is 0 Å². The zero-order chi connectivity index (χ0) is 16.9. The van der Waals surface area contributed by atoms with Gasteiger partial charge in [-0.15, -0.1) is 0 Å². The van der Waals surface area contributed by atoms with E-state index in [4.69, 9.17) is 11.6 Å². The number of hydrogen-bond donors (Lipinski definition) is 2. The Labute approximate surface area is 147 Å². The van der Waals surface area contributed by atoms with Gasteiger partial charge in [0.15, 0.2) is 0 Å². The number of carbonyl (C=O) groups is 2. The number of amides is 3. The second-order valence-corrected chi connectivity index (χ2v) is 7.06. The Balaban J connectivity index is 1.37. The Morgan fingerprint density at radius 1 is 1.08 bits per heavy atom. The summed E-state index contributed by atoms with van der Waals surface area (Å²) < 4.78 is 0. The molecule has 1 aliphatic heterocycles. The number of urea groups is 1. The maximum Gasteiger partial charge on any atom is 0.317 e. The standard InChI is InChI=1S/C18H24ClN3O2/c19-16-6-2-1-5-15(16)17(23)20-9-10-21-18(24)22-11-3-4-14(12-22)13-7-8-13/h1-2,5-6,13-14H,3-4,7-12H2,(H,20,23)(H,21,24). The Morgan fingerprint density at radius 2 is 1.83 bits per heavy atom. The van der Waals surface area contributed by atoms with Crippen molar-refractivity contribution in [2.75, 3.05) is 26.2 Å². The highest BCUT2D eigenvalue weighted by atomic mass is 35.5. The second kappa shape index (κ2) is 7.88. The van der Waals surface area contributed by atoms with Gasteiger partial charge in [0, 0.05) is 26.2 Å². The number of rotatable bonds is 5. The van der Waals surface area contributed by atoms with Crippen molar-refractivity contribution >= 4 is 23.5 Å². The second-order valence-electron chi connectivity index (χ2n) is 6.65. The number of nitrogens with one attached hydrogen (secondary N) is 2. The van der Waals surface area contributed by atoms with Crippen LogP contribution in [0.25, 0.3) is 0 Å². The summed E-state index contributed by atoms with van der Waals surface area (Å²) in [6, 6.07) is 6.90. The van der Waals surface area contributed by atoms with Crippen LogP contribution in [0.2, 0.25) is 5.02 Å². The highest BCUT2D eigenvalue weighted by Crippen LogP contribution is 2.40. The number of likely N-dealkylation sites (tertiary alicyclic amines) is 1. The Hall–Kier alpha value is -1.75. The van der Waals surface area contributed by atoms with Crippen molar-refractivity contribution in [1.29, 1.82) is 0 Å². The summed E-state index contributed by atoms with van der Waals surface area (Å²) in [6.45, 7) is 2.51. The first-order chi connectivity index (χ1) is 11.6. The number of halogens is 1. The molecule has 1 aromatic carbocycles. The summed E-state index contributed by atoms with van der Waals surface area (Å²) >= 11 is 5.99. The van der Waals surface area contributed by atoms with E-state index in [0.29, 0.717) is 29.6 Å². The van der Waals surface area contributed by atoms with E-state index in [2.05, 4.69) is 10.6 Å². The topological polar surface area (TPSA) is 61.4 Å². The molecule has 3 rings (SSSR count). The van der Waals surface area contributed by atoms with Gasteiger partial charge in [-0.1, -0.05) is 23.7 Å². The van der Waals surface area contributed by atoms with Gasteiger partial charge in [0.2, 0.25) is 0 Å². The van der Waals surface area contributed by atoms with Crippen LogP contribution < -0.4 is 10.6 Å². The SMILES string of the molecule is O=C(NCCNC(=O)N1CCCC(C2CC2)C1)c1ccccc1Cl. The van der Waals surface area contributed by atoms with E-state index in [0.717, 1.165) is 25.4 Å². The van der Waals surface area contributed by atoms with Gasteiger partial charge in [-0.25, -0.2) is 4.79 Å². The van der Waals surface area contributed by atoms with Crippen molar-refractivity contribution < 1.29 is 9.59 Å². The quantitative estimate of drug-likeness (QED) is 0.803. The normalized spacial score (nSPS) is 20.5. The minimum Gasteiger partial charge on any atom is -0.350 e. The molecule has 6 heteroatoms. The Bertz CT molecular complexity index is 604. The summed E-state index contributed by atoms with van der Waals surface area (Å²) in [5.41, 5.74) is 0.453. The van der Waals surface area contributed by atoms with Gasteiger partial charge < -0.3 is 15.5 Å². The van der Waals surface area contributed by atoms with Crippen LogP contribution >= 0.6 is 11.6 Å². The van der Waals surface area contributed by atoms with Crippen LogP contribution in [0.5, 0.6) is 0 Å². The molecule has 3 amide bonds. The molecule has 0 spiro atoms. The summed E-state index contributed by atoms with van der Waals surface area (Å²) in [5.74, 6) is 1.31. The lowest BCUT2D eigenvalue weighted by Crippen LogP contribution is -2.47. The van der Waals surface area contributed by atoms with Crippen molar-refractivity contribution in [3.8, 4) is 0 Å². The van der Waals surface area contributed by atoms with Gasteiger partial charge in [0.05, 0.1) is 10.6 Å². The molecule has 130 valence electrons. The molecule has 0 bridgehead atoms. The van der Waals surface area contributed by atoms with E-state index in [1.807, 2.05) is 4.90 Å². The molecule has 1 atom stereocenters. The largest absolute Gasteiger partial charge is 0.350 e. The lowest BCUT2D eigenvalue weighted by molar-refractivity contribution is 0.0953. The maximum absolute atomic E-state index is 12.2. The van der Waals surface area contributed by atoms with Crippen LogP contribution in [0.1, 0.15) is 36.0 Å². The molecule has 5 nitrogen and oxygen atoms in total. The average molecular weight is 350 g/mol. The first-order valence-electron chi connectivity index (χ1n) is 8.70. The van der Waals surface area contributed by atoms with Crippen LogP contribution in [-0.2, 0) is 0 Å². The van der Waals surface area contributed by atoms with Crippen molar-refractivity contribution in [3.05, 3.63) is 34.9 Å². The predicted octanol–water partition coefficient (Wildman–Crippen LogP) is 2.90. The van der Waals surface area contributed by atoms with Crippen molar-refractivity contribution in [2.45, 2.75) is 25.7 Å². The van der Waals surface area contributed by atoms with Crippen molar-refractivity contribution in [3.63, 3.8) is 0 Å². The molecule has 1 aliphatic carbocycles. The van der Waals surface area contributed by atoms with Crippen LogP contribution in [0.4, 0.5) is 4.79 Å². The minimum absolute atomic E-state index is 0.0210. The molecule has 0 radical (unpaired) electrons. The lowest BCUT2D eigenvalue weighted by atomic mass is 9.94. The van der Waals surface area contributed by atoms with Gasteiger partial charge in [0.25, 0.3) is 5.91 Å². The fraction of sp³-hybridized carbons (Fsp3) is 0.556. The smallest absolute Gasteiger partial charge is 0.317 e. The molecule has 24 heavy (non-hydrogen) atoms. The van der Waals surface area contributed by atoms with Gasteiger partial charge in [-0.3, -0.25) is 4.79 Å². The highest BCUT2D eigenvalue weighted by Gasteiger charge is 2.35. The first-order valence-corrected chi connectivity index (χ1v) is 9.08. The molecule has 1 unspecified atom stereocenters. The molecule has 1 heterocycles. The molecule has 1 saturated carbocycles. The number of hydrogen-bond acceptors (Lipinski definition) is 2. The van der Waals surface area contributed by atoms with Crippen LogP contribution in [0.15, 0.2) is 24.3 Å². The van der Waals surface area contributed by atoms with E-state index in [9.17, 15) is 9.59 Å². The van der Waals surface area contributed by atoms with Crippen molar-refractivity contribution in [1.82, 2.24) is 15.5 Å². The molecular formula is C18H24ClN3O2. The van der Waals surface area contributed by atoms with Crippen LogP contribution in [-0.4, -0.2) is 43.0 Å². The maximum atomic E-state index is 12.2. The third-order valence-corrected chi connectivity index (χ3v) is 5.17. The lowest BCUT2D eigenvalue weighted by Gasteiger charge is -2.33. The van der Waals surface area contributed by atoms with Gasteiger partial charge in [-0.2, -0.15) is 0 Å². The summed E-state index contributed by atoms with van der Waals surface area (Å²) in [7, 11) is 0. The van der Waals surface area contributed by atoms with E-state index in [-0.39, 0.29) is 11.9 Å². The Morgan fingerprint density at radius 3 is 2.58 bits per heavy atom. The fourth-order valence-electron chi connectivity index (χ4n) is 3.34. The van der Waals surface area contributed by atoms with E-state index in [1.165, 1.54) is 19.3 Å². The minimum atomic E-state index is -0.221. The number of carbonyl (C=O) groups excluding carboxylic acids is 2. The van der Waals surface area contributed by atoms with Crippen LogP contribution in [0, 0.1) is 11.8 Å². The zero-order valence-corrected chi connectivity index (χ0v) is 14.5. The molecule has 1 aromatic rings. The molecule has 0 aromatic heterocycles. The summed E-state index contributed by atoms with van der Waals surface area (Å²) in [4.78, 5) is 26.2. The number of piperidine rings is 1.